The average molecular weight is 448 g/mol. The second-order valence-corrected chi connectivity index (χ2v) is 8.30. The molecule has 1 aromatic heterocycles. The van der Waals surface area contributed by atoms with Crippen molar-refractivity contribution in [3.05, 3.63) is 100 Å². The van der Waals surface area contributed by atoms with Gasteiger partial charge >= 0.3 is 0 Å². The number of nitrogens with one attached hydrogen (secondary N) is 1. The number of carbonyl (C=O) groups excluding carboxylic acids is 1. The van der Waals surface area contributed by atoms with E-state index in [2.05, 4.69) is 29.3 Å². The number of aromatic nitrogens is 1. The molecule has 0 aliphatic carbocycles. The number of nitrogens with zero attached hydrogens (tertiary/aromatic N) is 2. The monoisotopic (exact) mass is 447 g/mol. The van der Waals surface area contributed by atoms with Crippen molar-refractivity contribution in [2.45, 2.75) is 31.3 Å². The number of anilines is 1. The Bertz CT molecular complexity index is 1170. The topological polar surface area (TPSA) is 54.3 Å². The number of hydrogen-bond acceptors (Lipinski definition) is 3. The Hall–Kier alpha value is -3.31. The SMILES string of the molecule is CCCC(CN1c2ccccc2C=CC1Cl)NC(=O)c1ccc(-n2ccccc2=O)cc1. The third-order valence-corrected chi connectivity index (χ3v) is 5.98. The van der Waals surface area contributed by atoms with E-state index in [1.54, 1.807) is 47.2 Å². The summed E-state index contributed by atoms with van der Waals surface area (Å²) >= 11 is 6.60. The first-order valence-corrected chi connectivity index (χ1v) is 11.3. The van der Waals surface area contributed by atoms with E-state index >= 15 is 0 Å². The molecule has 1 aliphatic heterocycles. The number of hydrogen-bond donors (Lipinski definition) is 1. The summed E-state index contributed by atoms with van der Waals surface area (Å²) < 4.78 is 1.55. The third kappa shape index (κ3) is 4.78. The molecule has 2 aromatic carbocycles. The van der Waals surface area contributed by atoms with Crippen LogP contribution < -0.4 is 15.8 Å². The van der Waals surface area contributed by atoms with Gasteiger partial charge in [-0.25, -0.2) is 0 Å². The van der Waals surface area contributed by atoms with Gasteiger partial charge in [-0.15, -0.1) is 0 Å². The molecule has 3 aromatic rings. The molecule has 164 valence electrons. The standard InChI is InChI=1S/C26H26ClN3O2/c1-2-7-21(18-30-23-9-4-3-8-19(23)13-16-24(30)27)28-26(32)20-11-14-22(15-12-20)29-17-6-5-10-25(29)31/h3-6,8-17,21,24H,2,7,18H2,1H3,(H,28,32). The predicted molar refractivity (Wildman–Crippen MR) is 131 cm³/mol. The van der Waals surface area contributed by atoms with Gasteiger partial charge in [0.15, 0.2) is 0 Å². The Balaban J connectivity index is 1.48. The molecule has 0 bridgehead atoms. The molecular formula is C26H26ClN3O2. The van der Waals surface area contributed by atoms with Crippen molar-refractivity contribution in [1.29, 1.82) is 0 Å². The molecule has 0 saturated carbocycles. The summed E-state index contributed by atoms with van der Waals surface area (Å²) in [6.45, 7) is 2.72. The molecule has 0 fully saturated rings. The summed E-state index contributed by atoms with van der Waals surface area (Å²) in [7, 11) is 0. The fourth-order valence-electron chi connectivity index (χ4n) is 3.99. The average Bonchev–Trinajstić information content (AvgIpc) is 2.81. The second-order valence-electron chi connectivity index (χ2n) is 7.86. The van der Waals surface area contributed by atoms with Gasteiger partial charge in [0, 0.05) is 41.8 Å². The third-order valence-electron chi connectivity index (χ3n) is 5.60. The molecule has 1 N–H and O–H groups in total. The lowest BCUT2D eigenvalue weighted by Gasteiger charge is -2.35. The van der Waals surface area contributed by atoms with E-state index in [1.165, 1.54) is 6.07 Å². The summed E-state index contributed by atoms with van der Waals surface area (Å²) in [4.78, 5) is 27.1. The summed E-state index contributed by atoms with van der Waals surface area (Å²) in [5.41, 5.74) is 3.10. The van der Waals surface area contributed by atoms with Gasteiger partial charge in [-0.2, -0.15) is 0 Å². The lowest BCUT2D eigenvalue weighted by atomic mass is 10.0. The molecule has 1 aliphatic rings. The van der Waals surface area contributed by atoms with Crippen molar-refractivity contribution >= 4 is 29.3 Å². The molecule has 2 unspecified atom stereocenters. The molecule has 0 radical (unpaired) electrons. The van der Waals surface area contributed by atoms with Crippen molar-refractivity contribution < 1.29 is 4.79 Å². The van der Waals surface area contributed by atoms with E-state index in [4.69, 9.17) is 11.6 Å². The van der Waals surface area contributed by atoms with Crippen molar-refractivity contribution in [1.82, 2.24) is 9.88 Å². The number of fused-ring (bicyclic) bond motifs is 1. The molecule has 6 heteroatoms. The van der Waals surface area contributed by atoms with Crippen LogP contribution in [-0.2, 0) is 0 Å². The lowest BCUT2D eigenvalue weighted by Crippen LogP contribution is -2.46. The zero-order valence-electron chi connectivity index (χ0n) is 17.9. The summed E-state index contributed by atoms with van der Waals surface area (Å²) in [6, 6.07) is 20.2. The Morgan fingerprint density at radius 2 is 1.81 bits per heavy atom. The van der Waals surface area contributed by atoms with Gasteiger partial charge < -0.3 is 10.2 Å². The predicted octanol–water partition coefficient (Wildman–Crippen LogP) is 4.83. The van der Waals surface area contributed by atoms with Gasteiger partial charge in [0.1, 0.15) is 5.50 Å². The molecule has 4 rings (SSSR count). The maximum absolute atomic E-state index is 13.0. The number of para-hydroxylation sites is 1. The van der Waals surface area contributed by atoms with Gasteiger partial charge in [0.2, 0.25) is 0 Å². The first kappa shape index (κ1) is 21.9. The van der Waals surface area contributed by atoms with Crippen LogP contribution >= 0.6 is 11.6 Å². The molecule has 5 nitrogen and oxygen atoms in total. The zero-order chi connectivity index (χ0) is 22.5. The van der Waals surface area contributed by atoms with Crippen molar-refractivity contribution in [2.24, 2.45) is 0 Å². The van der Waals surface area contributed by atoms with E-state index in [9.17, 15) is 9.59 Å². The highest BCUT2D eigenvalue weighted by atomic mass is 35.5. The molecule has 0 spiro atoms. The number of pyridine rings is 1. The van der Waals surface area contributed by atoms with Crippen LogP contribution in [-0.4, -0.2) is 28.6 Å². The first-order chi connectivity index (χ1) is 15.6. The van der Waals surface area contributed by atoms with E-state index in [0.717, 1.165) is 29.8 Å². The fraction of sp³-hybridized carbons (Fsp3) is 0.231. The molecule has 1 amide bonds. The number of alkyl halides is 1. The highest BCUT2D eigenvalue weighted by Gasteiger charge is 2.24. The van der Waals surface area contributed by atoms with E-state index < -0.39 is 0 Å². The number of rotatable bonds is 7. The maximum atomic E-state index is 13.0. The van der Waals surface area contributed by atoms with E-state index in [0.29, 0.717) is 12.1 Å². The van der Waals surface area contributed by atoms with Crippen LogP contribution in [0.5, 0.6) is 0 Å². The first-order valence-electron chi connectivity index (χ1n) is 10.8. The highest BCUT2D eigenvalue weighted by Crippen LogP contribution is 2.30. The number of halogens is 1. The van der Waals surface area contributed by atoms with Crippen LogP contribution in [0.15, 0.2) is 83.8 Å². The zero-order valence-corrected chi connectivity index (χ0v) is 18.7. The number of amides is 1. The van der Waals surface area contributed by atoms with Crippen molar-refractivity contribution in [3.63, 3.8) is 0 Å². The van der Waals surface area contributed by atoms with Gasteiger partial charge in [0.25, 0.3) is 11.5 Å². The van der Waals surface area contributed by atoms with Crippen LogP contribution in [0.1, 0.15) is 35.7 Å². The second kappa shape index (κ2) is 9.88. The van der Waals surface area contributed by atoms with Crippen LogP contribution in [0.4, 0.5) is 5.69 Å². The van der Waals surface area contributed by atoms with Gasteiger partial charge in [-0.05, 0) is 54.5 Å². The van der Waals surface area contributed by atoms with Crippen LogP contribution in [0.25, 0.3) is 11.8 Å². The molecule has 2 heterocycles. The molecular weight excluding hydrogens is 422 g/mol. The fourth-order valence-corrected chi connectivity index (χ4v) is 4.24. The summed E-state index contributed by atoms with van der Waals surface area (Å²) in [6.07, 6.45) is 7.51. The Kier molecular flexibility index (Phi) is 6.76. The lowest BCUT2D eigenvalue weighted by molar-refractivity contribution is 0.0936. The number of benzene rings is 2. The maximum Gasteiger partial charge on any atom is 0.255 e. The Morgan fingerprint density at radius 3 is 2.56 bits per heavy atom. The largest absolute Gasteiger partial charge is 0.349 e. The Labute approximate surface area is 193 Å². The smallest absolute Gasteiger partial charge is 0.255 e. The molecule has 32 heavy (non-hydrogen) atoms. The summed E-state index contributed by atoms with van der Waals surface area (Å²) in [5.74, 6) is -0.137. The van der Waals surface area contributed by atoms with Crippen molar-refractivity contribution in [2.75, 3.05) is 11.4 Å². The minimum absolute atomic E-state index is 0.0512. The van der Waals surface area contributed by atoms with Crippen LogP contribution in [0.3, 0.4) is 0 Å². The highest BCUT2D eigenvalue weighted by molar-refractivity contribution is 6.23. The minimum atomic E-state index is -0.260. The normalized spacial score (nSPS) is 15.8. The van der Waals surface area contributed by atoms with Gasteiger partial charge in [0.05, 0.1) is 0 Å². The van der Waals surface area contributed by atoms with E-state index in [-0.39, 0.29) is 23.0 Å². The Morgan fingerprint density at radius 1 is 1.06 bits per heavy atom. The van der Waals surface area contributed by atoms with Crippen LogP contribution in [0.2, 0.25) is 0 Å². The van der Waals surface area contributed by atoms with E-state index in [1.807, 2.05) is 24.3 Å². The van der Waals surface area contributed by atoms with Gasteiger partial charge in [-0.3, -0.25) is 14.2 Å². The molecule has 0 saturated heterocycles. The summed E-state index contributed by atoms with van der Waals surface area (Å²) in [5, 5.41) is 3.17. The number of carbonyl (C=O) groups is 1. The molecule has 2 atom stereocenters. The minimum Gasteiger partial charge on any atom is -0.349 e. The van der Waals surface area contributed by atoms with Crippen molar-refractivity contribution in [3.8, 4) is 5.69 Å². The quantitative estimate of drug-likeness (QED) is 0.416. The van der Waals surface area contributed by atoms with Crippen LogP contribution in [0, 0.1) is 0 Å². The van der Waals surface area contributed by atoms with Gasteiger partial charge in [-0.1, -0.05) is 55.3 Å².